The number of benzene rings is 1. The molecule has 9 heteroatoms. The summed E-state index contributed by atoms with van der Waals surface area (Å²) >= 11 is 6.59. The molecule has 0 spiro atoms. The summed E-state index contributed by atoms with van der Waals surface area (Å²) in [6.45, 7) is 0.124. The molecule has 0 atom stereocenters. The number of aliphatic carboxylic acids is 1. The van der Waals surface area contributed by atoms with Gasteiger partial charge in [0.15, 0.2) is 0 Å². The van der Waals surface area contributed by atoms with E-state index in [0.717, 1.165) is 12.0 Å². The van der Waals surface area contributed by atoms with Crippen LogP contribution in [0.5, 0.6) is 5.75 Å². The molecule has 0 aromatic heterocycles. The Morgan fingerprint density at radius 1 is 1.29 bits per heavy atom. The van der Waals surface area contributed by atoms with E-state index in [1.54, 1.807) is 18.1 Å². The predicted octanol–water partition coefficient (Wildman–Crippen LogP) is 2.66. The first-order chi connectivity index (χ1) is 13.4. The van der Waals surface area contributed by atoms with Crippen LogP contribution in [0.1, 0.15) is 31.2 Å². The third kappa shape index (κ3) is 6.35. The van der Waals surface area contributed by atoms with Gasteiger partial charge in [-0.1, -0.05) is 48.6 Å². The fourth-order valence-corrected chi connectivity index (χ4v) is 3.91. The lowest BCUT2D eigenvalue weighted by molar-refractivity contribution is -0.137. The van der Waals surface area contributed by atoms with E-state index in [-0.39, 0.29) is 24.8 Å². The fraction of sp³-hybridized carbons (Fsp3) is 0.368. The molecule has 2 amide bonds. The number of rotatable bonds is 10. The number of nitrogens with zero attached hydrogens (tertiary/aromatic N) is 1. The van der Waals surface area contributed by atoms with E-state index in [2.05, 4.69) is 5.32 Å². The van der Waals surface area contributed by atoms with E-state index in [1.165, 1.54) is 11.8 Å². The van der Waals surface area contributed by atoms with Crippen LogP contribution in [0.4, 0.5) is 0 Å². The second-order valence-corrected chi connectivity index (χ2v) is 7.73. The number of amides is 2. The topological polar surface area (TPSA) is 95.9 Å². The van der Waals surface area contributed by atoms with Crippen molar-refractivity contribution in [2.75, 3.05) is 20.2 Å². The number of carboxylic acids is 1. The molecule has 1 aliphatic rings. The van der Waals surface area contributed by atoms with Gasteiger partial charge < -0.3 is 15.2 Å². The van der Waals surface area contributed by atoms with Gasteiger partial charge in [0.05, 0.1) is 12.0 Å². The maximum absolute atomic E-state index is 12.6. The molecular weight excluding hydrogens is 400 g/mol. The third-order valence-corrected chi connectivity index (χ3v) is 5.40. The van der Waals surface area contributed by atoms with Crippen molar-refractivity contribution in [1.29, 1.82) is 0 Å². The first-order valence-corrected chi connectivity index (χ1v) is 10.0. The van der Waals surface area contributed by atoms with Gasteiger partial charge in [0.25, 0.3) is 5.91 Å². The average Bonchev–Trinajstić information content (AvgIpc) is 2.93. The van der Waals surface area contributed by atoms with E-state index in [1.807, 2.05) is 24.3 Å². The van der Waals surface area contributed by atoms with E-state index in [9.17, 15) is 14.4 Å². The molecule has 2 rings (SSSR count). The van der Waals surface area contributed by atoms with Crippen molar-refractivity contribution in [2.45, 2.75) is 25.7 Å². The molecule has 1 aromatic carbocycles. The number of methoxy groups -OCH3 is 1. The van der Waals surface area contributed by atoms with Crippen molar-refractivity contribution in [3.8, 4) is 5.75 Å². The molecule has 150 valence electrons. The van der Waals surface area contributed by atoms with Crippen molar-refractivity contribution in [1.82, 2.24) is 10.2 Å². The Bertz CT molecular complexity index is 794. The Morgan fingerprint density at radius 2 is 2.04 bits per heavy atom. The number of carbonyl (C=O) groups is 3. The quantitative estimate of drug-likeness (QED) is 0.340. The van der Waals surface area contributed by atoms with Crippen LogP contribution in [0.15, 0.2) is 29.2 Å². The fourth-order valence-electron chi connectivity index (χ4n) is 2.61. The third-order valence-electron chi connectivity index (χ3n) is 4.02. The zero-order valence-corrected chi connectivity index (χ0v) is 17.1. The Balaban J connectivity index is 1.81. The molecule has 1 aromatic rings. The van der Waals surface area contributed by atoms with Crippen molar-refractivity contribution in [2.24, 2.45) is 0 Å². The number of hydrogen-bond donors (Lipinski definition) is 2. The lowest BCUT2D eigenvalue weighted by Crippen LogP contribution is -2.29. The smallest absolute Gasteiger partial charge is 0.322 e. The molecule has 1 aliphatic heterocycles. The molecule has 0 bridgehead atoms. The standard InChI is InChI=1S/C19H22N2O5S2/c1-26-14-8-5-4-7-13(14)11-15-18(25)21(19(27)28-15)10-6-2-3-9-16(22)20-12-17(23)24/h4-5,7-8,11H,2-3,6,9-10,12H2,1H3,(H,20,22)(H,23,24)/b15-11-. The highest BCUT2D eigenvalue weighted by Gasteiger charge is 2.31. The summed E-state index contributed by atoms with van der Waals surface area (Å²) in [5.74, 6) is -0.786. The molecule has 28 heavy (non-hydrogen) atoms. The number of nitrogens with one attached hydrogen (secondary N) is 1. The summed E-state index contributed by atoms with van der Waals surface area (Å²) in [6, 6.07) is 7.45. The van der Waals surface area contributed by atoms with Gasteiger partial charge in [-0.05, 0) is 25.0 Å². The lowest BCUT2D eigenvalue weighted by atomic mass is 10.1. The van der Waals surface area contributed by atoms with Gasteiger partial charge in [-0.25, -0.2) is 0 Å². The van der Waals surface area contributed by atoms with Crippen LogP contribution in [-0.2, 0) is 14.4 Å². The van der Waals surface area contributed by atoms with Gasteiger partial charge >= 0.3 is 5.97 Å². The summed E-state index contributed by atoms with van der Waals surface area (Å²) < 4.78 is 5.83. The van der Waals surface area contributed by atoms with Crippen molar-refractivity contribution >= 4 is 52.2 Å². The molecule has 2 N–H and O–H groups in total. The molecule has 0 saturated carbocycles. The average molecular weight is 423 g/mol. The number of thiocarbonyl (C=S) groups is 1. The number of para-hydroxylation sites is 1. The van der Waals surface area contributed by atoms with Crippen LogP contribution in [0, 0.1) is 0 Å². The number of unbranched alkanes of at least 4 members (excludes halogenated alkanes) is 2. The highest BCUT2D eigenvalue weighted by molar-refractivity contribution is 8.26. The number of hydrogen-bond acceptors (Lipinski definition) is 6. The second-order valence-electron chi connectivity index (χ2n) is 6.06. The van der Waals surface area contributed by atoms with Gasteiger partial charge in [0, 0.05) is 18.5 Å². The molecule has 1 fully saturated rings. The molecule has 0 aliphatic carbocycles. The molecule has 1 saturated heterocycles. The second kappa shape index (κ2) is 10.8. The number of ether oxygens (including phenoxy) is 1. The van der Waals surface area contributed by atoms with Crippen molar-refractivity contribution in [3.63, 3.8) is 0 Å². The summed E-state index contributed by atoms with van der Waals surface area (Å²) in [4.78, 5) is 36.6. The van der Waals surface area contributed by atoms with E-state index in [0.29, 0.717) is 34.4 Å². The molecule has 7 nitrogen and oxygen atoms in total. The van der Waals surface area contributed by atoms with Crippen LogP contribution in [0.2, 0.25) is 0 Å². The maximum atomic E-state index is 12.6. The summed E-state index contributed by atoms with van der Waals surface area (Å²) in [7, 11) is 1.58. The maximum Gasteiger partial charge on any atom is 0.322 e. The Labute approximate surface area is 173 Å². The number of thioether (sulfide) groups is 1. The lowest BCUT2D eigenvalue weighted by Gasteiger charge is -2.14. The largest absolute Gasteiger partial charge is 0.496 e. The number of carboxylic acid groups (broad SMARTS) is 1. The van der Waals surface area contributed by atoms with Gasteiger partial charge in [-0.15, -0.1) is 0 Å². The van der Waals surface area contributed by atoms with Crippen LogP contribution in [0.3, 0.4) is 0 Å². The van der Waals surface area contributed by atoms with Crippen LogP contribution < -0.4 is 10.1 Å². The Kier molecular flexibility index (Phi) is 8.46. The van der Waals surface area contributed by atoms with Gasteiger partial charge in [0.2, 0.25) is 5.91 Å². The molecule has 0 unspecified atom stereocenters. The van der Waals surface area contributed by atoms with Crippen molar-refractivity contribution < 1.29 is 24.2 Å². The van der Waals surface area contributed by atoms with E-state index in [4.69, 9.17) is 22.1 Å². The molecule has 1 heterocycles. The van der Waals surface area contributed by atoms with E-state index < -0.39 is 5.97 Å². The molecule has 0 radical (unpaired) electrons. The van der Waals surface area contributed by atoms with E-state index >= 15 is 0 Å². The Morgan fingerprint density at radius 3 is 2.75 bits per heavy atom. The minimum atomic E-state index is -1.07. The van der Waals surface area contributed by atoms with Crippen LogP contribution in [0.25, 0.3) is 6.08 Å². The zero-order valence-electron chi connectivity index (χ0n) is 15.5. The van der Waals surface area contributed by atoms with Crippen LogP contribution >= 0.6 is 24.0 Å². The number of carbonyl (C=O) groups excluding carboxylic acids is 2. The monoisotopic (exact) mass is 422 g/mol. The summed E-state index contributed by atoms with van der Waals surface area (Å²) in [5, 5.41) is 10.8. The van der Waals surface area contributed by atoms with Crippen LogP contribution in [-0.4, -0.2) is 52.3 Å². The minimum absolute atomic E-state index is 0.125. The zero-order chi connectivity index (χ0) is 20.5. The Hall–Kier alpha value is -2.39. The first kappa shape index (κ1) is 21.9. The van der Waals surface area contributed by atoms with Crippen molar-refractivity contribution in [3.05, 3.63) is 34.7 Å². The van der Waals surface area contributed by atoms with Gasteiger partial charge in [-0.3, -0.25) is 19.3 Å². The SMILES string of the molecule is COc1ccccc1/C=C1\SC(=S)N(CCCCCC(=O)NCC(=O)O)C1=O. The summed E-state index contributed by atoms with van der Waals surface area (Å²) in [5.41, 5.74) is 0.817. The summed E-state index contributed by atoms with van der Waals surface area (Å²) in [6.07, 6.45) is 4.12. The minimum Gasteiger partial charge on any atom is -0.496 e. The van der Waals surface area contributed by atoms with Gasteiger partial charge in [-0.2, -0.15) is 0 Å². The first-order valence-electron chi connectivity index (χ1n) is 8.79. The highest BCUT2D eigenvalue weighted by atomic mass is 32.2. The predicted molar refractivity (Wildman–Crippen MR) is 112 cm³/mol. The molecular formula is C19H22N2O5S2. The van der Waals surface area contributed by atoms with Gasteiger partial charge in [0.1, 0.15) is 16.6 Å². The normalized spacial score (nSPS) is 15.2. The highest BCUT2D eigenvalue weighted by Crippen LogP contribution is 2.34.